The quantitative estimate of drug-likeness (QED) is 0.754. The molecule has 0 aliphatic heterocycles. The molecular weight excluding hydrogens is 304 g/mol. The Morgan fingerprint density at radius 1 is 1.08 bits per heavy atom. The zero-order chi connectivity index (χ0) is 16.9. The zero-order valence-electron chi connectivity index (χ0n) is 13.1. The zero-order valence-corrected chi connectivity index (χ0v) is 13.1. The summed E-state index contributed by atoms with van der Waals surface area (Å²) in [7, 11) is 1.60. The van der Waals surface area contributed by atoms with Crippen LogP contribution >= 0.6 is 0 Å². The number of amides is 1. The number of ether oxygens (including phenoxy) is 1. The molecule has 3 aromatic rings. The van der Waals surface area contributed by atoms with Crippen molar-refractivity contribution in [3.63, 3.8) is 0 Å². The van der Waals surface area contributed by atoms with E-state index in [0.29, 0.717) is 11.6 Å². The summed E-state index contributed by atoms with van der Waals surface area (Å²) in [5.74, 6) is 0.407. The van der Waals surface area contributed by atoms with Gasteiger partial charge >= 0.3 is 0 Å². The van der Waals surface area contributed by atoms with Crippen LogP contribution in [0, 0.1) is 0 Å². The largest absolute Gasteiger partial charge is 0.495 e. The number of nitrogens with zero attached hydrogens (tertiary/aromatic N) is 2. The van der Waals surface area contributed by atoms with E-state index in [-0.39, 0.29) is 5.82 Å². The Balaban J connectivity index is 1.91. The highest BCUT2D eigenvalue weighted by atomic mass is 16.5. The van der Waals surface area contributed by atoms with Crippen molar-refractivity contribution in [2.45, 2.75) is 0 Å². The van der Waals surface area contributed by atoms with Gasteiger partial charge in [0, 0.05) is 6.20 Å². The van der Waals surface area contributed by atoms with E-state index in [1.165, 1.54) is 6.20 Å². The molecule has 1 amide bonds. The predicted molar refractivity (Wildman–Crippen MR) is 92.3 cm³/mol. The number of rotatable bonds is 5. The van der Waals surface area contributed by atoms with Crippen LogP contribution in [0.15, 0.2) is 60.8 Å². The van der Waals surface area contributed by atoms with Crippen molar-refractivity contribution in [1.82, 2.24) is 9.97 Å². The summed E-state index contributed by atoms with van der Waals surface area (Å²) in [6.07, 6.45) is 1.47. The third-order valence-corrected chi connectivity index (χ3v) is 3.45. The maximum Gasteiger partial charge on any atom is 0.286 e. The van der Waals surface area contributed by atoms with Gasteiger partial charge in [-0.2, -0.15) is 0 Å². The Morgan fingerprint density at radius 2 is 1.88 bits per heavy atom. The van der Waals surface area contributed by atoms with Crippen LogP contribution in [-0.4, -0.2) is 23.0 Å². The predicted octanol–water partition coefficient (Wildman–Crippen LogP) is 2.99. The van der Waals surface area contributed by atoms with Gasteiger partial charge in [0.15, 0.2) is 0 Å². The van der Waals surface area contributed by atoms with Gasteiger partial charge in [0.1, 0.15) is 11.6 Å². The molecule has 1 aromatic heterocycles. The van der Waals surface area contributed by atoms with Crippen LogP contribution in [0.2, 0.25) is 0 Å². The Hall–Kier alpha value is -3.41. The van der Waals surface area contributed by atoms with Crippen molar-refractivity contribution in [2.75, 3.05) is 12.4 Å². The fraction of sp³-hybridized carbons (Fsp3) is 0.0556. The first-order valence-corrected chi connectivity index (χ1v) is 7.30. The summed E-state index contributed by atoms with van der Waals surface area (Å²) in [6.45, 7) is 0. The van der Waals surface area contributed by atoms with E-state index in [9.17, 15) is 4.79 Å². The topological polar surface area (TPSA) is 90.1 Å². The maximum absolute atomic E-state index is 11.2. The molecule has 24 heavy (non-hydrogen) atoms. The van der Waals surface area contributed by atoms with Crippen LogP contribution in [0.1, 0.15) is 10.6 Å². The fourth-order valence-electron chi connectivity index (χ4n) is 2.29. The molecule has 6 nitrogen and oxygen atoms in total. The molecule has 0 spiro atoms. The summed E-state index contributed by atoms with van der Waals surface area (Å²) >= 11 is 0. The molecule has 1 heterocycles. The Labute approximate surface area is 139 Å². The monoisotopic (exact) mass is 320 g/mol. The number of benzene rings is 2. The summed E-state index contributed by atoms with van der Waals surface area (Å²) in [6, 6.07) is 17.5. The second-order valence-electron chi connectivity index (χ2n) is 5.04. The molecule has 0 fully saturated rings. The van der Waals surface area contributed by atoms with Gasteiger partial charge in [-0.15, -0.1) is 0 Å². The number of primary amides is 1. The summed E-state index contributed by atoms with van der Waals surface area (Å²) in [5, 5.41) is 3.11. The second-order valence-corrected chi connectivity index (χ2v) is 5.04. The van der Waals surface area contributed by atoms with Gasteiger partial charge in [-0.05, 0) is 29.3 Å². The maximum atomic E-state index is 11.2. The lowest BCUT2D eigenvalue weighted by atomic mass is 10.0. The van der Waals surface area contributed by atoms with Crippen LogP contribution in [0.4, 0.5) is 11.5 Å². The third kappa shape index (κ3) is 3.33. The summed E-state index contributed by atoms with van der Waals surface area (Å²) in [4.78, 5) is 19.1. The van der Waals surface area contributed by atoms with E-state index in [0.717, 1.165) is 16.8 Å². The average Bonchev–Trinajstić information content (AvgIpc) is 2.63. The number of nitrogens with two attached hydrogens (primary N) is 1. The molecule has 0 aliphatic rings. The van der Waals surface area contributed by atoms with Crippen LogP contribution in [0.5, 0.6) is 5.75 Å². The summed E-state index contributed by atoms with van der Waals surface area (Å²) < 4.78 is 5.46. The molecule has 0 saturated heterocycles. The van der Waals surface area contributed by atoms with E-state index in [1.807, 2.05) is 48.5 Å². The number of nitrogens with one attached hydrogen (secondary N) is 1. The average molecular weight is 320 g/mol. The lowest BCUT2D eigenvalue weighted by molar-refractivity contribution is 0.0990. The number of hydrogen-bond donors (Lipinski definition) is 2. The van der Waals surface area contributed by atoms with Crippen LogP contribution < -0.4 is 15.8 Å². The third-order valence-electron chi connectivity index (χ3n) is 3.45. The molecule has 0 saturated carbocycles. The van der Waals surface area contributed by atoms with E-state index in [1.54, 1.807) is 13.2 Å². The Bertz CT molecular complexity index is 866. The molecule has 0 radical (unpaired) electrons. The minimum Gasteiger partial charge on any atom is -0.495 e. The second kappa shape index (κ2) is 6.78. The molecule has 120 valence electrons. The first kappa shape index (κ1) is 15.5. The van der Waals surface area contributed by atoms with Gasteiger partial charge in [0.05, 0.1) is 12.8 Å². The van der Waals surface area contributed by atoms with Gasteiger partial charge < -0.3 is 15.8 Å². The van der Waals surface area contributed by atoms with Crippen molar-refractivity contribution in [1.29, 1.82) is 0 Å². The van der Waals surface area contributed by atoms with Crippen molar-refractivity contribution < 1.29 is 9.53 Å². The number of hydrogen-bond acceptors (Lipinski definition) is 5. The fourth-order valence-corrected chi connectivity index (χ4v) is 2.29. The van der Waals surface area contributed by atoms with Crippen molar-refractivity contribution in [2.24, 2.45) is 5.73 Å². The summed E-state index contributed by atoms with van der Waals surface area (Å²) in [5.41, 5.74) is 8.07. The van der Waals surface area contributed by atoms with E-state index < -0.39 is 5.91 Å². The number of carbonyl (C=O) groups excluding carboxylic acids is 1. The smallest absolute Gasteiger partial charge is 0.286 e. The first-order valence-electron chi connectivity index (χ1n) is 7.30. The van der Waals surface area contributed by atoms with Crippen molar-refractivity contribution in [3.8, 4) is 16.9 Å². The van der Waals surface area contributed by atoms with Gasteiger partial charge in [-0.25, -0.2) is 9.97 Å². The molecule has 3 rings (SSSR count). The van der Waals surface area contributed by atoms with Gasteiger partial charge in [-0.1, -0.05) is 36.4 Å². The van der Waals surface area contributed by atoms with Gasteiger partial charge in [-0.3, -0.25) is 4.79 Å². The highest BCUT2D eigenvalue weighted by molar-refractivity contribution is 5.89. The standard InChI is InChI=1S/C18H16N4O2/c1-24-15-11-13(12-5-3-2-4-6-12)7-8-14(15)21-16-9-10-20-18(22-16)17(19)23/h2-11H,1H3,(H2,19,23)(H,20,21,22). The molecule has 0 atom stereocenters. The number of carbonyl (C=O) groups is 1. The highest BCUT2D eigenvalue weighted by Gasteiger charge is 2.09. The molecule has 0 bridgehead atoms. The number of aromatic nitrogens is 2. The number of methoxy groups -OCH3 is 1. The Kier molecular flexibility index (Phi) is 4.38. The SMILES string of the molecule is COc1cc(-c2ccccc2)ccc1Nc1ccnc(C(N)=O)n1. The normalized spacial score (nSPS) is 10.2. The lowest BCUT2D eigenvalue weighted by Crippen LogP contribution is -2.15. The minimum atomic E-state index is -0.676. The molecule has 0 aliphatic carbocycles. The van der Waals surface area contributed by atoms with Crippen LogP contribution in [0.3, 0.4) is 0 Å². The van der Waals surface area contributed by atoms with E-state index in [2.05, 4.69) is 15.3 Å². The van der Waals surface area contributed by atoms with E-state index >= 15 is 0 Å². The molecule has 2 aromatic carbocycles. The van der Waals surface area contributed by atoms with Crippen LogP contribution in [0.25, 0.3) is 11.1 Å². The van der Waals surface area contributed by atoms with E-state index in [4.69, 9.17) is 10.5 Å². The van der Waals surface area contributed by atoms with Crippen molar-refractivity contribution in [3.05, 3.63) is 66.6 Å². The lowest BCUT2D eigenvalue weighted by Gasteiger charge is -2.12. The minimum absolute atomic E-state index is 0.0418. The first-order chi connectivity index (χ1) is 11.7. The highest BCUT2D eigenvalue weighted by Crippen LogP contribution is 2.32. The molecular formula is C18H16N4O2. The molecule has 0 unspecified atom stereocenters. The van der Waals surface area contributed by atoms with Crippen molar-refractivity contribution >= 4 is 17.4 Å². The Morgan fingerprint density at radius 3 is 2.58 bits per heavy atom. The van der Waals surface area contributed by atoms with Gasteiger partial charge in [0.2, 0.25) is 5.82 Å². The molecule has 6 heteroatoms. The van der Waals surface area contributed by atoms with Crippen LogP contribution in [-0.2, 0) is 0 Å². The molecule has 3 N–H and O–H groups in total. The number of anilines is 2. The van der Waals surface area contributed by atoms with Gasteiger partial charge in [0.25, 0.3) is 5.91 Å².